The molecular formula is C36H47N3O. The Hall–Kier alpha value is -3.63. The Balaban J connectivity index is 2.15. The molecule has 0 radical (unpaired) electrons. The van der Waals surface area contributed by atoms with E-state index in [9.17, 15) is 4.79 Å². The van der Waals surface area contributed by atoms with E-state index in [-0.39, 0.29) is 6.04 Å². The minimum atomic E-state index is 0.123. The smallest absolute Gasteiger partial charge is 0.211 e. The average Bonchev–Trinajstić information content (AvgIpc) is 2.95. The molecule has 0 spiro atoms. The summed E-state index contributed by atoms with van der Waals surface area (Å²) in [5.41, 5.74) is 11.4. The summed E-state index contributed by atoms with van der Waals surface area (Å²) in [5.74, 6) is 0. The first kappa shape index (κ1) is 30.9. The molecule has 0 saturated heterocycles. The molecule has 1 unspecified atom stereocenters. The van der Waals surface area contributed by atoms with Gasteiger partial charge in [0.2, 0.25) is 6.41 Å². The minimum absolute atomic E-state index is 0.123. The third-order valence-electron chi connectivity index (χ3n) is 7.94. The van der Waals surface area contributed by atoms with E-state index in [2.05, 4.69) is 117 Å². The van der Waals surface area contributed by atoms with Crippen molar-refractivity contribution in [3.63, 3.8) is 0 Å². The highest BCUT2D eigenvalue weighted by molar-refractivity contribution is 5.83. The Morgan fingerprint density at radius 2 is 1.62 bits per heavy atom. The van der Waals surface area contributed by atoms with Crippen molar-refractivity contribution in [1.82, 2.24) is 15.5 Å². The number of nitrogens with zero attached hydrogens (tertiary/aromatic N) is 1. The second-order valence-corrected chi connectivity index (χ2v) is 10.7. The van der Waals surface area contributed by atoms with Crippen LogP contribution in [0, 0.1) is 20.8 Å². The van der Waals surface area contributed by atoms with E-state index in [1.165, 1.54) is 33.4 Å². The SMILES string of the molecule is C=C(/C(=C(/C)NC=O)c1cccc(CC)c1C)N(Cc1c(C)cccc1C)CC(NCCCC)c1ccccc1. The number of hydrogen-bond acceptors (Lipinski definition) is 3. The molecule has 40 heavy (non-hydrogen) atoms. The molecule has 0 bridgehead atoms. The Morgan fingerprint density at radius 3 is 2.25 bits per heavy atom. The summed E-state index contributed by atoms with van der Waals surface area (Å²) >= 11 is 0. The largest absolute Gasteiger partial charge is 0.365 e. The third-order valence-corrected chi connectivity index (χ3v) is 7.94. The van der Waals surface area contributed by atoms with Crippen LogP contribution in [0.4, 0.5) is 0 Å². The average molecular weight is 538 g/mol. The first-order chi connectivity index (χ1) is 19.3. The van der Waals surface area contributed by atoms with Crippen molar-refractivity contribution in [2.75, 3.05) is 13.1 Å². The highest BCUT2D eigenvalue weighted by atomic mass is 16.1. The molecule has 0 aliphatic carbocycles. The Labute approximate surface area is 242 Å². The molecule has 1 amide bonds. The van der Waals surface area contributed by atoms with Gasteiger partial charge in [0.05, 0.1) is 0 Å². The van der Waals surface area contributed by atoms with E-state index in [0.717, 1.165) is 67.8 Å². The molecule has 3 rings (SSSR count). The quantitative estimate of drug-likeness (QED) is 0.118. The van der Waals surface area contributed by atoms with Gasteiger partial charge in [0, 0.05) is 36.1 Å². The van der Waals surface area contributed by atoms with Crippen LogP contribution in [-0.4, -0.2) is 24.4 Å². The normalized spacial score (nSPS) is 12.4. The first-order valence-corrected chi connectivity index (χ1v) is 14.6. The predicted octanol–water partition coefficient (Wildman–Crippen LogP) is 7.80. The lowest BCUT2D eigenvalue weighted by Gasteiger charge is -2.35. The van der Waals surface area contributed by atoms with Crippen LogP contribution >= 0.6 is 0 Å². The van der Waals surface area contributed by atoms with Gasteiger partial charge in [-0.3, -0.25) is 4.79 Å². The monoisotopic (exact) mass is 537 g/mol. The highest BCUT2D eigenvalue weighted by Crippen LogP contribution is 2.34. The van der Waals surface area contributed by atoms with Gasteiger partial charge in [0.15, 0.2) is 0 Å². The Bertz CT molecular complexity index is 1290. The number of nitrogens with one attached hydrogen (secondary N) is 2. The van der Waals surface area contributed by atoms with E-state index in [1.807, 2.05) is 6.92 Å². The summed E-state index contributed by atoms with van der Waals surface area (Å²) in [4.78, 5) is 14.0. The van der Waals surface area contributed by atoms with Crippen molar-refractivity contribution in [3.05, 3.63) is 124 Å². The lowest BCUT2D eigenvalue weighted by molar-refractivity contribution is -0.108. The van der Waals surface area contributed by atoms with Gasteiger partial charge in [-0.25, -0.2) is 0 Å². The lowest BCUT2D eigenvalue weighted by atomic mass is 9.91. The maximum absolute atomic E-state index is 11.6. The summed E-state index contributed by atoms with van der Waals surface area (Å²) in [6, 6.07) is 23.7. The van der Waals surface area contributed by atoms with Crippen LogP contribution in [0.2, 0.25) is 0 Å². The van der Waals surface area contributed by atoms with Gasteiger partial charge in [-0.05, 0) is 86.0 Å². The molecule has 0 saturated carbocycles. The molecular weight excluding hydrogens is 490 g/mol. The molecule has 3 aromatic rings. The number of unbranched alkanes of at least 4 members (excludes halogenated alkanes) is 1. The van der Waals surface area contributed by atoms with Crippen LogP contribution in [0.25, 0.3) is 5.57 Å². The third kappa shape index (κ3) is 7.73. The highest BCUT2D eigenvalue weighted by Gasteiger charge is 2.24. The van der Waals surface area contributed by atoms with Gasteiger partial charge in [-0.1, -0.05) is 93.6 Å². The van der Waals surface area contributed by atoms with Gasteiger partial charge in [-0.2, -0.15) is 0 Å². The number of rotatable bonds is 15. The van der Waals surface area contributed by atoms with Crippen molar-refractivity contribution in [2.45, 2.75) is 73.4 Å². The number of carbonyl (C=O) groups is 1. The zero-order valence-electron chi connectivity index (χ0n) is 25.3. The van der Waals surface area contributed by atoms with Crippen LogP contribution < -0.4 is 10.6 Å². The fourth-order valence-corrected chi connectivity index (χ4v) is 5.44. The van der Waals surface area contributed by atoms with Crippen molar-refractivity contribution in [1.29, 1.82) is 0 Å². The number of allylic oxidation sites excluding steroid dienone is 2. The summed E-state index contributed by atoms with van der Waals surface area (Å²) in [6.07, 6.45) is 3.97. The molecule has 1 atom stereocenters. The standard InChI is InChI=1S/C36H47N3O/c1-8-10-22-37-35(32-18-12-11-13-19-32)24-39(23-34-26(3)16-14-17-27(34)4)30(7)36(29(6)38-25-40)33-21-15-20-31(9-2)28(33)5/h11-21,25,35,37H,7-10,22-24H2,1-6H3,(H,38,40)/b36-29+. The fraction of sp³-hybridized carbons (Fsp3) is 0.361. The predicted molar refractivity (Wildman–Crippen MR) is 170 cm³/mol. The molecule has 0 aliphatic heterocycles. The summed E-state index contributed by atoms with van der Waals surface area (Å²) in [6.45, 7) is 20.0. The number of amides is 1. The second-order valence-electron chi connectivity index (χ2n) is 10.7. The first-order valence-electron chi connectivity index (χ1n) is 14.6. The molecule has 212 valence electrons. The van der Waals surface area contributed by atoms with E-state index in [0.29, 0.717) is 0 Å². The molecule has 0 heterocycles. The molecule has 0 fully saturated rings. The van der Waals surface area contributed by atoms with Crippen LogP contribution in [0.5, 0.6) is 0 Å². The van der Waals surface area contributed by atoms with Crippen molar-refractivity contribution >= 4 is 12.0 Å². The maximum atomic E-state index is 11.6. The molecule has 4 nitrogen and oxygen atoms in total. The minimum Gasteiger partial charge on any atom is -0.365 e. The van der Waals surface area contributed by atoms with Gasteiger partial charge in [-0.15, -0.1) is 0 Å². The van der Waals surface area contributed by atoms with E-state index >= 15 is 0 Å². The molecule has 2 N–H and O–H groups in total. The zero-order valence-corrected chi connectivity index (χ0v) is 25.3. The molecule has 4 heteroatoms. The second kappa shape index (κ2) is 15.2. The Morgan fingerprint density at radius 1 is 0.950 bits per heavy atom. The van der Waals surface area contributed by atoms with E-state index < -0.39 is 0 Å². The van der Waals surface area contributed by atoms with Crippen molar-refractivity contribution in [3.8, 4) is 0 Å². The van der Waals surface area contributed by atoms with Crippen LogP contribution in [0.3, 0.4) is 0 Å². The fourth-order valence-electron chi connectivity index (χ4n) is 5.44. The summed E-state index contributed by atoms with van der Waals surface area (Å²) in [5, 5.41) is 6.78. The zero-order chi connectivity index (χ0) is 29.1. The molecule has 0 aromatic heterocycles. The van der Waals surface area contributed by atoms with Crippen LogP contribution in [0.15, 0.2) is 84.7 Å². The Kier molecular flexibility index (Phi) is 11.8. The van der Waals surface area contributed by atoms with Gasteiger partial charge in [0.25, 0.3) is 0 Å². The number of aryl methyl sites for hydroxylation is 3. The van der Waals surface area contributed by atoms with E-state index in [4.69, 9.17) is 6.58 Å². The topological polar surface area (TPSA) is 44.4 Å². The van der Waals surface area contributed by atoms with Gasteiger partial charge < -0.3 is 15.5 Å². The summed E-state index contributed by atoms with van der Waals surface area (Å²) < 4.78 is 0. The van der Waals surface area contributed by atoms with Crippen molar-refractivity contribution in [2.24, 2.45) is 0 Å². The van der Waals surface area contributed by atoms with Crippen LogP contribution in [0.1, 0.15) is 78.6 Å². The summed E-state index contributed by atoms with van der Waals surface area (Å²) in [7, 11) is 0. The molecule has 0 aliphatic rings. The maximum Gasteiger partial charge on any atom is 0.211 e. The van der Waals surface area contributed by atoms with Crippen molar-refractivity contribution < 1.29 is 4.79 Å². The molecule has 3 aromatic carbocycles. The number of carbonyl (C=O) groups excluding carboxylic acids is 1. The number of hydrogen-bond donors (Lipinski definition) is 2. The van der Waals surface area contributed by atoms with Gasteiger partial charge in [0.1, 0.15) is 0 Å². The van der Waals surface area contributed by atoms with E-state index in [1.54, 1.807) is 0 Å². The lowest BCUT2D eigenvalue weighted by Crippen LogP contribution is -2.36. The number of benzene rings is 3. The van der Waals surface area contributed by atoms with Gasteiger partial charge >= 0.3 is 0 Å². The van der Waals surface area contributed by atoms with Crippen LogP contribution in [-0.2, 0) is 17.8 Å².